The molecule has 0 aliphatic carbocycles. The fraction of sp³-hybridized carbons (Fsp3) is 0.519. The number of anilines is 2. The van der Waals surface area contributed by atoms with E-state index in [0.717, 1.165) is 68.1 Å². The Morgan fingerprint density at radius 3 is 1.92 bits per heavy atom. The maximum absolute atomic E-state index is 12.7. The van der Waals surface area contributed by atoms with Crippen LogP contribution >= 0.6 is 23.4 Å². The van der Waals surface area contributed by atoms with Gasteiger partial charge >= 0.3 is 5.51 Å². The zero-order valence-corrected chi connectivity index (χ0v) is 22.3. The standard InChI is InChI=1S/C27H34ClF3N4OS/c28-20-3-5-21(6-4-20)32-23-11-16-34(17-12-23)15-1-2-26(36)35-18-13-24(14-19-35)33-22-7-9-25(10-8-22)37-27(29,30)31/h3-10,23-24,32-33H,1-2,11-19H2. The van der Waals surface area contributed by atoms with Gasteiger partial charge in [-0.05, 0) is 98.9 Å². The van der Waals surface area contributed by atoms with E-state index in [1.54, 1.807) is 12.1 Å². The van der Waals surface area contributed by atoms with Crippen LogP contribution in [0, 0.1) is 0 Å². The molecule has 4 rings (SSSR count). The normalized spacial score (nSPS) is 18.1. The molecule has 2 heterocycles. The molecule has 0 bridgehead atoms. The van der Waals surface area contributed by atoms with Gasteiger partial charge in [0.2, 0.25) is 5.91 Å². The molecule has 0 unspecified atom stereocenters. The van der Waals surface area contributed by atoms with E-state index >= 15 is 0 Å². The van der Waals surface area contributed by atoms with Gasteiger partial charge in [-0.15, -0.1) is 0 Å². The molecule has 2 saturated heterocycles. The van der Waals surface area contributed by atoms with E-state index in [9.17, 15) is 18.0 Å². The van der Waals surface area contributed by atoms with Crippen LogP contribution in [0.3, 0.4) is 0 Å². The second kappa shape index (κ2) is 13.1. The lowest BCUT2D eigenvalue weighted by Crippen LogP contribution is -2.43. The topological polar surface area (TPSA) is 47.6 Å². The lowest BCUT2D eigenvalue weighted by Gasteiger charge is -2.34. The molecule has 2 aliphatic heterocycles. The minimum atomic E-state index is -4.28. The summed E-state index contributed by atoms with van der Waals surface area (Å²) >= 11 is 5.85. The summed E-state index contributed by atoms with van der Waals surface area (Å²) in [4.78, 5) is 17.3. The third kappa shape index (κ3) is 9.30. The smallest absolute Gasteiger partial charge is 0.382 e. The van der Waals surface area contributed by atoms with Crippen molar-refractivity contribution in [3.63, 3.8) is 0 Å². The van der Waals surface area contributed by atoms with Crippen LogP contribution in [0.2, 0.25) is 5.02 Å². The van der Waals surface area contributed by atoms with Crippen LogP contribution in [0.1, 0.15) is 38.5 Å². The number of benzene rings is 2. The molecule has 0 atom stereocenters. The Hall–Kier alpha value is -2.10. The molecule has 37 heavy (non-hydrogen) atoms. The van der Waals surface area contributed by atoms with Crippen LogP contribution in [-0.2, 0) is 4.79 Å². The van der Waals surface area contributed by atoms with Crippen LogP contribution in [0.25, 0.3) is 0 Å². The van der Waals surface area contributed by atoms with Gasteiger partial charge in [-0.25, -0.2) is 0 Å². The predicted octanol–water partition coefficient (Wildman–Crippen LogP) is 6.71. The summed E-state index contributed by atoms with van der Waals surface area (Å²) in [5, 5.41) is 7.72. The van der Waals surface area contributed by atoms with E-state index in [4.69, 9.17) is 11.6 Å². The summed E-state index contributed by atoms with van der Waals surface area (Å²) in [6, 6.07) is 14.8. The molecule has 2 aliphatic rings. The number of carbonyl (C=O) groups is 1. The Morgan fingerprint density at radius 1 is 0.865 bits per heavy atom. The highest BCUT2D eigenvalue weighted by molar-refractivity contribution is 8.00. The van der Waals surface area contributed by atoms with Crippen molar-refractivity contribution in [1.82, 2.24) is 9.80 Å². The summed E-state index contributed by atoms with van der Waals surface area (Å²) < 4.78 is 37.5. The first-order chi connectivity index (χ1) is 17.7. The van der Waals surface area contributed by atoms with E-state index in [2.05, 4.69) is 15.5 Å². The average Bonchev–Trinajstić information content (AvgIpc) is 2.87. The molecule has 202 valence electrons. The van der Waals surface area contributed by atoms with E-state index in [1.165, 1.54) is 12.1 Å². The van der Waals surface area contributed by atoms with E-state index in [0.29, 0.717) is 25.6 Å². The highest BCUT2D eigenvalue weighted by Crippen LogP contribution is 2.37. The van der Waals surface area contributed by atoms with Crippen molar-refractivity contribution in [2.24, 2.45) is 0 Å². The second-order valence-electron chi connectivity index (χ2n) is 9.74. The summed E-state index contributed by atoms with van der Waals surface area (Å²) in [5.74, 6) is 0.214. The highest BCUT2D eigenvalue weighted by Gasteiger charge is 2.29. The summed E-state index contributed by atoms with van der Waals surface area (Å²) in [5.41, 5.74) is -2.37. The van der Waals surface area contributed by atoms with Crippen LogP contribution in [0.4, 0.5) is 24.5 Å². The minimum absolute atomic E-state index is 0.107. The van der Waals surface area contributed by atoms with Crippen LogP contribution in [0.15, 0.2) is 53.4 Å². The number of carbonyl (C=O) groups excluding carboxylic acids is 1. The average molecular weight is 555 g/mol. The van der Waals surface area contributed by atoms with Gasteiger partial charge in [-0.1, -0.05) is 11.6 Å². The first kappa shape index (κ1) is 27.9. The molecule has 0 spiro atoms. The number of halogens is 4. The zero-order valence-electron chi connectivity index (χ0n) is 20.8. The van der Waals surface area contributed by atoms with Crippen LogP contribution < -0.4 is 10.6 Å². The maximum Gasteiger partial charge on any atom is 0.446 e. The zero-order chi connectivity index (χ0) is 26.3. The largest absolute Gasteiger partial charge is 0.446 e. The van der Waals surface area contributed by atoms with Crippen molar-refractivity contribution in [2.45, 2.75) is 61.0 Å². The molecular weight excluding hydrogens is 521 g/mol. The van der Waals surface area contributed by atoms with E-state index < -0.39 is 5.51 Å². The van der Waals surface area contributed by atoms with Crippen molar-refractivity contribution in [3.05, 3.63) is 53.6 Å². The van der Waals surface area contributed by atoms with Gasteiger partial charge < -0.3 is 20.4 Å². The number of nitrogens with zero attached hydrogens (tertiary/aromatic N) is 2. The monoisotopic (exact) mass is 554 g/mol. The van der Waals surface area contributed by atoms with Crippen LogP contribution in [0.5, 0.6) is 0 Å². The molecule has 0 saturated carbocycles. The Morgan fingerprint density at radius 2 is 1.38 bits per heavy atom. The molecule has 5 nitrogen and oxygen atoms in total. The second-order valence-corrected chi connectivity index (χ2v) is 11.3. The molecule has 0 aromatic heterocycles. The lowest BCUT2D eigenvalue weighted by molar-refractivity contribution is -0.132. The predicted molar refractivity (Wildman–Crippen MR) is 145 cm³/mol. The van der Waals surface area contributed by atoms with Gasteiger partial charge in [0.25, 0.3) is 0 Å². The van der Waals surface area contributed by atoms with Gasteiger partial charge in [0.1, 0.15) is 0 Å². The Labute approximate surface area is 226 Å². The maximum atomic E-state index is 12.7. The molecule has 2 aromatic carbocycles. The minimum Gasteiger partial charge on any atom is -0.382 e. The Bertz CT molecular complexity index is 990. The number of alkyl halides is 3. The number of hydrogen-bond acceptors (Lipinski definition) is 5. The Kier molecular flexibility index (Phi) is 9.90. The molecular formula is C27H34ClF3N4OS. The number of likely N-dealkylation sites (tertiary alicyclic amines) is 2. The van der Waals surface area contributed by atoms with Crippen LogP contribution in [-0.4, -0.2) is 66.0 Å². The summed E-state index contributed by atoms with van der Waals surface area (Å²) in [6.07, 6.45) is 5.27. The van der Waals surface area contributed by atoms with Gasteiger partial charge in [0.15, 0.2) is 0 Å². The number of amides is 1. The van der Waals surface area contributed by atoms with Crippen molar-refractivity contribution >= 4 is 40.6 Å². The molecule has 2 N–H and O–H groups in total. The first-order valence-corrected chi connectivity index (χ1v) is 14.1. The number of thioether (sulfide) groups is 1. The number of rotatable bonds is 9. The van der Waals surface area contributed by atoms with Gasteiger partial charge in [0.05, 0.1) is 0 Å². The lowest BCUT2D eigenvalue weighted by atomic mass is 10.0. The molecule has 0 radical (unpaired) electrons. The molecule has 2 aromatic rings. The van der Waals surface area contributed by atoms with Crippen molar-refractivity contribution in [1.29, 1.82) is 0 Å². The number of piperidine rings is 2. The van der Waals surface area contributed by atoms with E-state index in [1.807, 2.05) is 29.2 Å². The number of hydrogen-bond donors (Lipinski definition) is 2. The molecule has 10 heteroatoms. The SMILES string of the molecule is O=C(CCCN1CCC(Nc2ccc(Cl)cc2)CC1)N1CCC(Nc2ccc(SC(F)(F)F)cc2)CC1. The van der Waals surface area contributed by atoms with Crippen molar-refractivity contribution < 1.29 is 18.0 Å². The fourth-order valence-corrected chi connectivity index (χ4v) is 5.62. The number of nitrogens with one attached hydrogen (secondary N) is 2. The summed E-state index contributed by atoms with van der Waals surface area (Å²) in [7, 11) is 0. The first-order valence-electron chi connectivity index (χ1n) is 12.9. The fourth-order valence-electron chi connectivity index (χ4n) is 4.96. The summed E-state index contributed by atoms with van der Waals surface area (Å²) in [6.45, 7) is 4.43. The van der Waals surface area contributed by atoms with Crippen molar-refractivity contribution in [3.8, 4) is 0 Å². The quantitative estimate of drug-likeness (QED) is 0.337. The molecule has 2 fully saturated rings. The third-order valence-corrected chi connectivity index (χ3v) is 7.97. The third-order valence-electron chi connectivity index (χ3n) is 6.97. The molecule has 1 amide bonds. The van der Waals surface area contributed by atoms with E-state index in [-0.39, 0.29) is 28.6 Å². The van der Waals surface area contributed by atoms with Gasteiger partial charge in [0, 0.05) is 66.0 Å². The van der Waals surface area contributed by atoms with Gasteiger partial charge in [-0.2, -0.15) is 13.2 Å². The van der Waals surface area contributed by atoms with Crippen molar-refractivity contribution in [2.75, 3.05) is 43.4 Å². The van der Waals surface area contributed by atoms with Gasteiger partial charge in [-0.3, -0.25) is 4.79 Å². The Balaban J connectivity index is 1.09. The highest BCUT2D eigenvalue weighted by atomic mass is 35.5.